The van der Waals surface area contributed by atoms with Crippen LogP contribution in [0.3, 0.4) is 0 Å². The molecule has 10 atom stereocenters. The highest BCUT2D eigenvalue weighted by atomic mass is 16.7. The number of aromatic hydroxyl groups is 3. The quantitative estimate of drug-likeness (QED) is 0.175. The van der Waals surface area contributed by atoms with E-state index in [0.717, 1.165) is 12.1 Å². The molecule has 41 heavy (non-hydrogen) atoms. The minimum Gasteiger partial charge on any atom is -0.508 e. The monoisotopic (exact) mass is 578 g/mol. The van der Waals surface area contributed by atoms with Crippen LogP contribution in [0.15, 0.2) is 45.6 Å². The number of phenols is 3. The molecule has 0 bridgehead atoms. The molecule has 2 aliphatic heterocycles. The largest absolute Gasteiger partial charge is 0.508 e. The number of ether oxygens (including phenoxy) is 3. The van der Waals surface area contributed by atoms with Crippen molar-refractivity contribution in [3.8, 4) is 28.6 Å². The second-order valence-electron chi connectivity index (χ2n) is 10.1. The van der Waals surface area contributed by atoms with Gasteiger partial charge in [-0.1, -0.05) is 0 Å². The Labute approximate surface area is 231 Å². The summed E-state index contributed by atoms with van der Waals surface area (Å²) in [6.07, 6.45) is -16.0. The number of hydrogen-bond acceptors (Lipinski definition) is 14. The van der Waals surface area contributed by atoms with Crippen LogP contribution in [0.25, 0.3) is 22.3 Å². The Morgan fingerprint density at radius 1 is 0.829 bits per heavy atom. The zero-order valence-electron chi connectivity index (χ0n) is 21.5. The lowest BCUT2D eigenvalue weighted by atomic mass is 9.89. The predicted octanol–water partition coefficient (Wildman–Crippen LogP) is -1.06. The molecule has 10 unspecified atom stereocenters. The summed E-state index contributed by atoms with van der Waals surface area (Å²) in [6.45, 7) is 0.613. The fourth-order valence-corrected chi connectivity index (χ4v) is 5.12. The highest BCUT2D eigenvalue weighted by molar-refractivity contribution is 5.89. The topological polar surface area (TPSA) is 240 Å². The van der Waals surface area contributed by atoms with Crippen LogP contribution in [-0.4, -0.2) is 108 Å². The number of aliphatic hydroxyl groups excluding tert-OH is 6. The molecule has 14 heteroatoms. The summed E-state index contributed by atoms with van der Waals surface area (Å²) in [5.74, 6) is -1.39. The number of aliphatic hydroxyl groups is 6. The van der Waals surface area contributed by atoms with Gasteiger partial charge < -0.3 is 64.6 Å². The summed E-state index contributed by atoms with van der Waals surface area (Å²) in [5, 5.41) is 93.0. The Morgan fingerprint density at radius 2 is 1.51 bits per heavy atom. The normalized spacial score (nSPS) is 34.1. The molecule has 2 saturated heterocycles. The van der Waals surface area contributed by atoms with E-state index in [9.17, 15) is 50.8 Å². The average Bonchev–Trinajstić information content (AvgIpc) is 2.93. The third kappa shape index (κ3) is 5.14. The van der Waals surface area contributed by atoms with E-state index in [1.54, 1.807) is 0 Å². The molecule has 0 amide bonds. The first-order valence-electron chi connectivity index (χ1n) is 12.7. The number of benzene rings is 2. The Kier molecular flexibility index (Phi) is 7.95. The maximum atomic E-state index is 13.1. The maximum Gasteiger partial charge on any atom is 0.197 e. The summed E-state index contributed by atoms with van der Waals surface area (Å²) < 4.78 is 23.0. The fraction of sp³-hybridized carbons (Fsp3) is 0.444. The minimum atomic E-state index is -1.85. The van der Waals surface area contributed by atoms with Gasteiger partial charge >= 0.3 is 0 Å². The first kappa shape index (κ1) is 29.2. The smallest absolute Gasteiger partial charge is 0.197 e. The van der Waals surface area contributed by atoms with Gasteiger partial charge in [-0.05, 0) is 31.2 Å². The van der Waals surface area contributed by atoms with Crippen molar-refractivity contribution in [1.29, 1.82) is 0 Å². The summed E-state index contributed by atoms with van der Waals surface area (Å²) >= 11 is 0. The summed E-state index contributed by atoms with van der Waals surface area (Å²) in [5.41, 5.74) is -1.08. The van der Waals surface area contributed by atoms with E-state index < -0.39 is 84.8 Å². The molecule has 9 N–H and O–H groups in total. The Balaban J connectivity index is 1.67. The summed E-state index contributed by atoms with van der Waals surface area (Å²) in [6, 6.07) is 7.53. The molecule has 14 nitrogen and oxygen atoms in total. The molecule has 5 rings (SSSR count). The van der Waals surface area contributed by atoms with Crippen molar-refractivity contribution < 1.29 is 64.6 Å². The van der Waals surface area contributed by atoms with Gasteiger partial charge in [-0.2, -0.15) is 0 Å². The summed E-state index contributed by atoms with van der Waals surface area (Å²) in [4.78, 5) is 13.1. The van der Waals surface area contributed by atoms with Crippen molar-refractivity contribution in [2.24, 2.45) is 0 Å². The van der Waals surface area contributed by atoms with Crippen molar-refractivity contribution in [2.45, 2.75) is 68.1 Å². The Morgan fingerprint density at radius 3 is 2.17 bits per heavy atom. The van der Waals surface area contributed by atoms with Crippen LogP contribution in [0.5, 0.6) is 17.2 Å². The van der Waals surface area contributed by atoms with E-state index in [-0.39, 0.29) is 28.0 Å². The van der Waals surface area contributed by atoms with E-state index >= 15 is 0 Å². The van der Waals surface area contributed by atoms with Crippen LogP contribution in [0, 0.1) is 0 Å². The van der Waals surface area contributed by atoms with Crippen molar-refractivity contribution in [3.63, 3.8) is 0 Å². The molecular weight excluding hydrogens is 548 g/mol. The first-order valence-corrected chi connectivity index (χ1v) is 12.7. The maximum absolute atomic E-state index is 13.1. The predicted molar refractivity (Wildman–Crippen MR) is 137 cm³/mol. The molecule has 3 heterocycles. The SMILES string of the molecule is CC1OC(OC2C(c3c(O)cc(O)c4c(=O)cc(-c5ccc(O)cc5)oc34)OC(CO)C(O)C2O)C(O)C(O)C1O. The molecule has 0 saturated carbocycles. The van der Waals surface area contributed by atoms with Crippen molar-refractivity contribution in [1.82, 2.24) is 0 Å². The third-order valence-electron chi connectivity index (χ3n) is 7.40. The summed E-state index contributed by atoms with van der Waals surface area (Å²) in [7, 11) is 0. The lowest BCUT2D eigenvalue weighted by molar-refractivity contribution is -0.338. The van der Waals surface area contributed by atoms with E-state index in [0.29, 0.717) is 5.56 Å². The number of phenolic OH excluding ortho intramolecular Hbond substituents is 3. The number of rotatable bonds is 5. The van der Waals surface area contributed by atoms with Gasteiger partial charge in [0, 0.05) is 17.7 Å². The molecule has 2 fully saturated rings. The Hall–Kier alpha value is -3.31. The molecule has 2 aliphatic rings. The van der Waals surface area contributed by atoms with E-state index in [2.05, 4.69) is 0 Å². The molecule has 2 aromatic carbocycles. The third-order valence-corrected chi connectivity index (χ3v) is 7.40. The number of hydrogen-bond donors (Lipinski definition) is 9. The van der Waals surface area contributed by atoms with Crippen LogP contribution in [0.4, 0.5) is 0 Å². The van der Waals surface area contributed by atoms with Gasteiger partial charge in [0.25, 0.3) is 0 Å². The van der Waals surface area contributed by atoms with Gasteiger partial charge in [0.15, 0.2) is 17.3 Å². The van der Waals surface area contributed by atoms with Crippen LogP contribution in [0.1, 0.15) is 18.6 Å². The first-order chi connectivity index (χ1) is 19.4. The fourth-order valence-electron chi connectivity index (χ4n) is 5.12. The molecule has 0 aliphatic carbocycles. The van der Waals surface area contributed by atoms with E-state index in [1.807, 2.05) is 0 Å². The molecule has 0 spiro atoms. The van der Waals surface area contributed by atoms with Gasteiger partial charge in [-0.15, -0.1) is 0 Å². The zero-order valence-corrected chi connectivity index (χ0v) is 21.5. The van der Waals surface area contributed by atoms with Crippen molar-refractivity contribution in [2.75, 3.05) is 6.61 Å². The molecule has 222 valence electrons. The van der Waals surface area contributed by atoms with Crippen molar-refractivity contribution >= 4 is 11.0 Å². The van der Waals surface area contributed by atoms with E-state index in [4.69, 9.17) is 18.6 Å². The van der Waals surface area contributed by atoms with Crippen LogP contribution in [0.2, 0.25) is 0 Å². The highest BCUT2D eigenvalue weighted by Gasteiger charge is 2.51. The standard InChI is InChI=1S/C27H30O14/c1-9-19(33)21(35)23(37)27(38-9)41-26-22(36)20(34)16(8-28)40-25(26)18-13(31)6-12(30)17-14(32)7-15(39-24(17)18)10-2-4-11(29)5-3-10/h2-7,9,16,19-23,25-31,33-37H,8H2,1H3. The lowest BCUT2D eigenvalue weighted by Crippen LogP contribution is -2.61. The lowest BCUT2D eigenvalue weighted by Gasteiger charge is -2.46. The van der Waals surface area contributed by atoms with Crippen LogP contribution >= 0.6 is 0 Å². The van der Waals surface area contributed by atoms with Gasteiger partial charge in [-0.3, -0.25) is 4.79 Å². The van der Waals surface area contributed by atoms with Crippen LogP contribution < -0.4 is 5.43 Å². The van der Waals surface area contributed by atoms with Gasteiger partial charge in [0.1, 0.15) is 77.2 Å². The van der Waals surface area contributed by atoms with Gasteiger partial charge in [0.2, 0.25) is 0 Å². The zero-order chi connectivity index (χ0) is 29.7. The molecular formula is C27H30O14. The molecule has 1 aromatic heterocycles. The van der Waals surface area contributed by atoms with Crippen molar-refractivity contribution in [3.05, 3.63) is 52.2 Å². The molecule has 3 aromatic rings. The van der Waals surface area contributed by atoms with Crippen LogP contribution in [-0.2, 0) is 14.2 Å². The highest BCUT2D eigenvalue weighted by Crippen LogP contribution is 2.45. The van der Waals surface area contributed by atoms with Gasteiger partial charge in [0.05, 0.1) is 18.3 Å². The average molecular weight is 579 g/mol. The minimum absolute atomic E-state index is 0.0294. The molecule has 0 radical (unpaired) electrons. The second kappa shape index (κ2) is 11.2. The second-order valence-corrected chi connectivity index (χ2v) is 10.1. The number of fused-ring (bicyclic) bond motifs is 1. The Bertz CT molecular complexity index is 1460. The van der Waals surface area contributed by atoms with Gasteiger partial charge in [-0.25, -0.2) is 0 Å². The van der Waals surface area contributed by atoms with E-state index in [1.165, 1.54) is 31.2 Å².